The Morgan fingerprint density at radius 2 is 1.77 bits per heavy atom. The molecular weight excluding hydrogens is 330 g/mol. The monoisotopic (exact) mass is 355 g/mol. The van der Waals surface area contributed by atoms with Gasteiger partial charge in [-0.2, -0.15) is 5.10 Å². The van der Waals surface area contributed by atoms with Crippen molar-refractivity contribution < 1.29 is 9.72 Å². The molecule has 4 saturated carbocycles. The highest BCUT2D eigenvalue weighted by atomic mass is 16.6. The van der Waals surface area contributed by atoms with Crippen LogP contribution in [0, 0.1) is 40.2 Å². The molecular formula is C20H25N3O3. The summed E-state index contributed by atoms with van der Waals surface area (Å²) in [5.41, 5.74) is 4.58. The quantitative estimate of drug-likeness (QED) is 0.498. The van der Waals surface area contributed by atoms with Gasteiger partial charge in [-0.15, -0.1) is 0 Å². The van der Waals surface area contributed by atoms with Gasteiger partial charge in [-0.05, 0) is 76.2 Å². The number of benzene rings is 1. The van der Waals surface area contributed by atoms with Crippen LogP contribution in [-0.2, 0) is 0 Å². The van der Waals surface area contributed by atoms with Crippen molar-refractivity contribution in [1.29, 1.82) is 0 Å². The second kappa shape index (κ2) is 6.18. The Morgan fingerprint density at radius 3 is 2.31 bits per heavy atom. The molecule has 4 bridgehead atoms. The second-order valence-corrected chi connectivity index (χ2v) is 8.59. The highest BCUT2D eigenvalue weighted by molar-refractivity contribution is 5.96. The fourth-order valence-corrected chi connectivity index (χ4v) is 5.82. The summed E-state index contributed by atoms with van der Waals surface area (Å²) in [5.74, 6) is 2.07. The molecule has 0 aliphatic heterocycles. The molecule has 0 unspecified atom stereocenters. The largest absolute Gasteiger partial charge is 0.273 e. The summed E-state index contributed by atoms with van der Waals surface area (Å²) in [6, 6.07) is 4.52. The van der Waals surface area contributed by atoms with Crippen molar-refractivity contribution in [3.05, 3.63) is 39.4 Å². The molecule has 0 atom stereocenters. The first-order valence-electron chi connectivity index (χ1n) is 9.46. The van der Waals surface area contributed by atoms with Crippen LogP contribution < -0.4 is 5.43 Å². The SMILES string of the molecule is C/C(=N/NC(=O)c1ccc(C)c([N+](=O)[O-])c1)C12CC3CC(CC(C3)C1)C2. The summed E-state index contributed by atoms with van der Waals surface area (Å²) in [7, 11) is 0. The van der Waals surface area contributed by atoms with Crippen molar-refractivity contribution in [2.75, 3.05) is 0 Å². The molecule has 0 radical (unpaired) electrons. The zero-order chi connectivity index (χ0) is 18.5. The number of carbonyl (C=O) groups excluding carboxylic acids is 1. The zero-order valence-corrected chi connectivity index (χ0v) is 15.3. The highest BCUT2D eigenvalue weighted by Gasteiger charge is 2.52. The first-order chi connectivity index (χ1) is 12.4. The second-order valence-electron chi connectivity index (χ2n) is 8.59. The van der Waals surface area contributed by atoms with E-state index in [4.69, 9.17) is 0 Å². The Hall–Kier alpha value is -2.24. The minimum atomic E-state index is -0.462. The van der Waals surface area contributed by atoms with Crippen molar-refractivity contribution in [2.45, 2.75) is 52.4 Å². The normalized spacial score (nSPS) is 32.5. The lowest BCUT2D eigenvalue weighted by molar-refractivity contribution is -0.385. The van der Waals surface area contributed by atoms with Crippen LogP contribution in [0.5, 0.6) is 0 Å². The minimum absolute atomic E-state index is 0.0422. The van der Waals surface area contributed by atoms with E-state index in [1.54, 1.807) is 19.1 Å². The molecule has 0 saturated heterocycles. The Balaban J connectivity index is 1.50. The van der Waals surface area contributed by atoms with E-state index in [2.05, 4.69) is 10.5 Å². The first-order valence-corrected chi connectivity index (χ1v) is 9.46. The van der Waals surface area contributed by atoms with Gasteiger partial charge in [0, 0.05) is 28.3 Å². The Morgan fingerprint density at radius 1 is 1.19 bits per heavy atom. The van der Waals surface area contributed by atoms with Gasteiger partial charge in [0.2, 0.25) is 0 Å². The summed E-state index contributed by atoms with van der Waals surface area (Å²) in [6.07, 6.45) is 7.68. The molecule has 5 rings (SSSR count). The summed E-state index contributed by atoms with van der Waals surface area (Å²) in [4.78, 5) is 23.0. The van der Waals surface area contributed by atoms with E-state index in [1.165, 1.54) is 44.6 Å². The average molecular weight is 355 g/mol. The predicted molar refractivity (Wildman–Crippen MR) is 99.0 cm³/mol. The van der Waals surface area contributed by atoms with Crippen LogP contribution in [0.2, 0.25) is 0 Å². The van der Waals surface area contributed by atoms with Crippen molar-refractivity contribution in [2.24, 2.45) is 28.3 Å². The third-order valence-corrected chi connectivity index (χ3v) is 6.80. The lowest BCUT2D eigenvalue weighted by Gasteiger charge is -2.56. The molecule has 1 N–H and O–H groups in total. The topological polar surface area (TPSA) is 84.6 Å². The zero-order valence-electron chi connectivity index (χ0n) is 15.3. The Kier molecular flexibility index (Phi) is 4.09. The van der Waals surface area contributed by atoms with Gasteiger partial charge in [0.15, 0.2) is 0 Å². The number of nitro benzene ring substituents is 1. The van der Waals surface area contributed by atoms with Crippen LogP contribution in [0.15, 0.2) is 23.3 Å². The number of nitrogens with one attached hydrogen (secondary N) is 1. The van der Waals surface area contributed by atoms with E-state index in [9.17, 15) is 14.9 Å². The van der Waals surface area contributed by atoms with Crippen LogP contribution in [0.25, 0.3) is 0 Å². The standard InChI is InChI=1S/C20H25N3O3/c1-12-3-4-17(8-18(12)23(25)26)19(24)22-21-13(2)20-9-14-5-15(10-20)7-16(6-14)11-20/h3-4,8,14-16H,5-7,9-11H2,1-2H3,(H,22,24)/b21-13-. The van der Waals surface area contributed by atoms with Gasteiger partial charge in [0.05, 0.1) is 4.92 Å². The van der Waals surface area contributed by atoms with E-state index in [-0.39, 0.29) is 16.7 Å². The molecule has 1 aromatic carbocycles. The molecule has 26 heavy (non-hydrogen) atoms. The third-order valence-electron chi connectivity index (χ3n) is 6.80. The average Bonchev–Trinajstić information content (AvgIpc) is 2.58. The lowest BCUT2D eigenvalue weighted by atomic mass is 9.48. The maximum atomic E-state index is 12.4. The van der Waals surface area contributed by atoms with Gasteiger partial charge in [-0.25, -0.2) is 5.43 Å². The molecule has 0 aromatic heterocycles. The highest BCUT2D eigenvalue weighted by Crippen LogP contribution is 2.60. The first kappa shape index (κ1) is 17.2. The molecule has 0 spiro atoms. The van der Waals surface area contributed by atoms with Gasteiger partial charge in [-0.3, -0.25) is 14.9 Å². The van der Waals surface area contributed by atoms with Gasteiger partial charge in [0.25, 0.3) is 11.6 Å². The van der Waals surface area contributed by atoms with Crippen molar-refractivity contribution in [1.82, 2.24) is 5.43 Å². The molecule has 4 aliphatic rings. The summed E-state index contributed by atoms with van der Waals surface area (Å²) >= 11 is 0. The Bertz CT molecular complexity index is 764. The number of hydrogen-bond donors (Lipinski definition) is 1. The molecule has 4 fully saturated rings. The van der Waals surface area contributed by atoms with Crippen LogP contribution in [0.4, 0.5) is 5.69 Å². The van der Waals surface area contributed by atoms with Crippen LogP contribution in [0.3, 0.4) is 0 Å². The maximum absolute atomic E-state index is 12.4. The summed E-state index contributed by atoms with van der Waals surface area (Å²) in [5, 5.41) is 15.5. The Labute approximate surface area is 153 Å². The molecule has 6 heteroatoms. The maximum Gasteiger partial charge on any atom is 0.273 e. The van der Waals surface area contributed by atoms with Crippen molar-refractivity contribution in [3.63, 3.8) is 0 Å². The molecule has 138 valence electrons. The number of carbonyl (C=O) groups is 1. The number of hydrazone groups is 1. The number of nitro groups is 1. The van der Waals surface area contributed by atoms with E-state index in [1.807, 2.05) is 6.92 Å². The van der Waals surface area contributed by atoms with Crippen LogP contribution in [-0.4, -0.2) is 16.5 Å². The lowest BCUT2D eigenvalue weighted by Crippen LogP contribution is -2.49. The number of amides is 1. The van der Waals surface area contributed by atoms with E-state index >= 15 is 0 Å². The number of hydrogen-bond acceptors (Lipinski definition) is 4. The van der Waals surface area contributed by atoms with Gasteiger partial charge < -0.3 is 0 Å². The fraction of sp³-hybridized carbons (Fsp3) is 0.600. The van der Waals surface area contributed by atoms with Crippen molar-refractivity contribution in [3.8, 4) is 0 Å². The van der Waals surface area contributed by atoms with Crippen molar-refractivity contribution >= 4 is 17.3 Å². The van der Waals surface area contributed by atoms with E-state index < -0.39 is 10.8 Å². The number of rotatable bonds is 4. The number of aryl methyl sites for hydroxylation is 1. The molecule has 0 heterocycles. The fourth-order valence-electron chi connectivity index (χ4n) is 5.82. The third kappa shape index (κ3) is 2.91. The minimum Gasteiger partial charge on any atom is -0.267 e. The molecule has 1 amide bonds. The molecule has 4 aliphatic carbocycles. The number of nitrogens with zero attached hydrogens (tertiary/aromatic N) is 2. The summed E-state index contributed by atoms with van der Waals surface area (Å²) < 4.78 is 0. The summed E-state index contributed by atoms with van der Waals surface area (Å²) in [6.45, 7) is 3.69. The van der Waals surface area contributed by atoms with Crippen LogP contribution in [0.1, 0.15) is 61.4 Å². The van der Waals surface area contributed by atoms with E-state index in [0.717, 1.165) is 23.5 Å². The van der Waals surface area contributed by atoms with Gasteiger partial charge >= 0.3 is 0 Å². The molecule has 1 aromatic rings. The molecule has 6 nitrogen and oxygen atoms in total. The smallest absolute Gasteiger partial charge is 0.267 e. The van der Waals surface area contributed by atoms with Crippen LogP contribution >= 0.6 is 0 Å². The van der Waals surface area contributed by atoms with Gasteiger partial charge in [0.1, 0.15) is 0 Å². The predicted octanol–water partition coefficient (Wildman–Crippen LogP) is 4.23. The van der Waals surface area contributed by atoms with Gasteiger partial charge in [-0.1, -0.05) is 6.07 Å². The van der Waals surface area contributed by atoms with E-state index in [0.29, 0.717) is 5.56 Å².